The van der Waals surface area contributed by atoms with E-state index in [1.54, 1.807) is 18.3 Å². The molecule has 3 aliphatic rings. The third-order valence-corrected chi connectivity index (χ3v) is 5.73. The first-order chi connectivity index (χ1) is 12.1. The second-order valence-corrected chi connectivity index (χ2v) is 7.08. The molecule has 3 saturated heterocycles. The number of aromatic nitrogens is 1. The number of H-pyrrole nitrogens is 1. The first-order valence-electron chi connectivity index (χ1n) is 8.63. The van der Waals surface area contributed by atoms with Crippen molar-refractivity contribution in [1.29, 1.82) is 5.26 Å². The number of carbonyl (C=O) groups excluding carboxylic acids is 1. The predicted octanol–water partition coefficient (Wildman–Crippen LogP) is 2.69. The second-order valence-electron chi connectivity index (χ2n) is 7.08. The minimum absolute atomic E-state index is 0.155. The zero-order valence-electron chi connectivity index (χ0n) is 14.3. The van der Waals surface area contributed by atoms with E-state index in [2.05, 4.69) is 16.0 Å². The summed E-state index contributed by atoms with van der Waals surface area (Å²) in [5.41, 5.74) is 1.81. The maximum atomic E-state index is 12.6. The van der Waals surface area contributed by atoms with Crippen molar-refractivity contribution in [3.8, 4) is 11.8 Å². The van der Waals surface area contributed by atoms with E-state index in [0.717, 1.165) is 49.8 Å². The average molecular weight is 339 g/mol. The molecule has 3 fully saturated rings. The molecular formula is C19H21N3O3. The minimum atomic E-state index is -0.319. The van der Waals surface area contributed by atoms with Crippen LogP contribution in [0.2, 0.25) is 0 Å². The molecule has 3 aliphatic heterocycles. The molecule has 4 heterocycles. The third kappa shape index (κ3) is 2.75. The molecule has 130 valence electrons. The molecule has 5 rings (SSSR count). The van der Waals surface area contributed by atoms with Gasteiger partial charge >= 0.3 is 5.97 Å². The summed E-state index contributed by atoms with van der Waals surface area (Å²) in [5, 5.41) is 9.89. The van der Waals surface area contributed by atoms with Crippen LogP contribution in [0.15, 0.2) is 18.3 Å². The van der Waals surface area contributed by atoms with Gasteiger partial charge < -0.3 is 19.4 Å². The third-order valence-electron chi connectivity index (χ3n) is 5.73. The molecule has 0 spiro atoms. The highest BCUT2D eigenvalue weighted by atomic mass is 16.5. The standard InChI is InChI=1S/C19H21N3O3/c1-24-17-9-14-15(11-21-16(14)8-13(17)10-20)18(23)25-12-19-2-5-22(6-3-19)7-4-19/h8-9,11,21H,2-7,12H2,1H3. The van der Waals surface area contributed by atoms with Gasteiger partial charge in [-0.15, -0.1) is 0 Å². The maximum Gasteiger partial charge on any atom is 0.340 e. The van der Waals surface area contributed by atoms with Crippen LogP contribution in [0.3, 0.4) is 0 Å². The van der Waals surface area contributed by atoms with Crippen molar-refractivity contribution in [1.82, 2.24) is 9.88 Å². The molecule has 1 N–H and O–H groups in total. The lowest BCUT2D eigenvalue weighted by Crippen LogP contribution is -2.50. The van der Waals surface area contributed by atoms with Crippen molar-refractivity contribution in [3.63, 3.8) is 0 Å². The second kappa shape index (κ2) is 6.08. The first kappa shape index (κ1) is 16.0. The van der Waals surface area contributed by atoms with Gasteiger partial charge in [0.05, 0.1) is 24.8 Å². The number of rotatable bonds is 4. The Kier molecular flexibility index (Phi) is 3.89. The number of esters is 1. The molecule has 0 saturated carbocycles. The summed E-state index contributed by atoms with van der Waals surface area (Å²) >= 11 is 0. The summed E-state index contributed by atoms with van der Waals surface area (Å²) in [5.74, 6) is 0.141. The Labute approximate surface area is 146 Å². The molecule has 2 aromatic rings. The number of carbonyl (C=O) groups is 1. The Bertz CT molecular complexity index is 843. The summed E-state index contributed by atoms with van der Waals surface area (Å²) in [7, 11) is 1.52. The van der Waals surface area contributed by atoms with Crippen LogP contribution in [0.1, 0.15) is 35.2 Å². The Morgan fingerprint density at radius 3 is 2.68 bits per heavy atom. The fraction of sp³-hybridized carbons (Fsp3) is 0.474. The number of hydrogen-bond donors (Lipinski definition) is 1. The van der Waals surface area contributed by atoms with Crippen LogP contribution in [-0.2, 0) is 4.74 Å². The van der Waals surface area contributed by atoms with Crippen molar-refractivity contribution in [2.75, 3.05) is 33.4 Å². The smallest absolute Gasteiger partial charge is 0.340 e. The Morgan fingerprint density at radius 2 is 2.04 bits per heavy atom. The van der Waals surface area contributed by atoms with Gasteiger partial charge in [0.25, 0.3) is 0 Å². The van der Waals surface area contributed by atoms with Crippen molar-refractivity contribution in [3.05, 3.63) is 29.5 Å². The summed E-state index contributed by atoms with van der Waals surface area (Å²) in [6, 6.07) is 5.51. The number of fused-ring (bicyclic) bond motifs is 4. The minimum Gasteiger partial charge on any atom is -0.495 e. The summed E-state index contributed by atoms with van der Waals surface area (Å²) < 4.78 is 10.9. The molecule has 0 aliphatic carbocycles. The van der Waals surface area contributed by atoms with Gasteiger partial charge in [-0.3, -0.25) is 0 Å². The molecule has 2 bridgehead atoms. The molecule has 0 amide bonds. The van der Waals surface area contributed by atoms with Crippen molar-refractivity contribution >= 4 is 16.9 Å². The average Bonchev–Trinajstić information content (AvgIpc) is 3.09. The number of methoxy groups -OCH3 is 1. The van der Waals surface area contributed by atoms with Gasteiger partial charge in [-0.1, -0.05) is 0 Å². The Morgan fingerprint density at radius 1 is 1.32 bits per heavy atom. The summed E-state index contributed by atoms with van der Waals surface area (Å²) in [6.07, 6.45) is 4.96. The number of benzene rings is 1. The van der Waals surface area contributed by atoms with Gasteiger partial charge in [-0.25, -0.2) is 4.79 Å². The molecule has 6 heteroatoms. The highest BCUT2D eigenvalue weighted by Crippen LogP contribution is 2.40. The largest absolute Gasteiger partial charge is 0.495 e. The van der Waals surface area contributed by atoms with Crippen LogP contribution in [0.25, 0.3) is 10.9 Å². The quantitative estimate of drug-likeness (QED) is 0.867. The molecular weight excluding hydrogens is 318 g/mol. The van der Waals surface area contributed by atoms with E-state index >= 15 is 0 Å². The Balaban J connectivity index is 1.55. The number of hydrogen-bond acceptors (Lipinski definition) is 5. The fourth-order valence-corrected chi connectivity index (χ4v) is 3.98. The van der Waals surface area contributed by atoms with Crippen LogP contribution in [-0.4, -0.2) is 49.2 Å². The lowest BCUT2D eigenvalue weighted by Gasteiger charge is -2.47. The van der Waals surface area contributed by atoms with E-state index in [1.165, 1.54) is 7.11 Å². The number of aromatic amines is 1. The van der Waals surface area contributed by atoms with Gasteiger partial charge in [-0.2, -0.15) is 5.26 Å². The molecule has 0 atom stereocenters. The number of nitriles is 1. The number of nitrogens with zero attached hydrogens (tertiary/aromatic N) is 2. The molecule has 0 radical (unpaired) electrons. The van der Waals surface area contributed by atoms with Gasteiger partial charge in [-0.05, 0) is 51.0 Å². The van der Waals surface area contributed by atoms with Crippen LogP contribution < -0.4 is 4.74 Å². The van der Waals surface area contributed by atoms with Crippen LogP contribution >= 0.6 is 0 Å². The van der Waals surface area contributed by atoms with Crippen LogP contribution in [0, 0.1) is 16.7 Å². The molecule has 25 heavy (non-hydrogen) atoms. The van der Waals surface area contributed by atoms with Gasteiger partial charge in [0.2, 0.25) is 0 Å². The zero-order chi connectivity index (χ0) is 17.4. The van der Waals surface area contributed by atoms with Gasteiger partial charge in [0, 0.05) is 22.5 Å². The van der Waals surface area contributed by atoms with E-state index < -0.39 is 0 Å². The summed E-state index contributed by atoms with van der Waals surface area (Å²) in [4.78, 5) is 18.2. The van der Waals surface area contributed by atoms with Crippen LogP contribution in [0.5, 0.6) is 5.75 Å². The van der Waals surface area contributed by atoms with Crippen LogP contribution in [0.4, 0.5) is 0 Å². The normalized spacial score (nSPS) is 24.9. The van der Waals surface area contributed by atoms with Gasteiger partial charge in [0.1, 0.15) is 11.8 Å². The number of nitrogens with one attached hydrogen (secondary N) is 1. The fourth-order valence-electron chi connectivity index (χ4n) is 3.98. The van der Waals surface area contributed by atoms with E-state index in [9.17, 15) is 10.1 Å². The monoisotopic (exact) mass is 339 g/mol. The molecule has 6 nitrogen and oxygen atoms in total. The van der Waals surface area contributed by atoms with Crippen molar-refractivity contribution < 1.29 is 14.3 Å². The van der Waals surface area contributed by atoms with E-state index in [-0.39, 0.29) is 11.4 Å². The maximum absolute atomic E-state index is 12.6. The van der Waals surface area contributed by atoms with E-state index in [1.807, 2.05) is 0 Å². The lowest BCUT2D eigenvalue weighted by molar-refractivity contribution is -0.0304. The van der Waals surface area contributed by atoms with E-state index in [0.29, 0.717) is 23.5 Å². The molecule has 1 aromatic carbocycles. The topological polar surface area (TPSA) is 78.3 Å². The molecule has 0 unspecified atom stereocenters. The zero-order valence-corrected chi connectivity index (χ0v) is 14.3. The van der Waals surface area contributed by atoms with Crippen molar-refractivity contribution in [2.45, 2.75) is 19.3 Å². The molecule has 1 aromatic heterocycles. The number of piperidine rings is 3. The SMILES string of the molecule is COc1cc2c(C(=O)OCC34CCN(CC3)CC4)c[nH]c2cc1C#N. The van der Waals surface area contributed by atoms with Gasteiger partial charge in [0.15, 0.2) is 0 Å². The highest BCUT2D eigenvalue weighted by molar-refractivity contribution is 6.04. The first-order valence-corrected chi connectivity index (χ1v) is 8.63. The summed E-state index contributed by atoms with van der Waals surface area (Å²) in [6.45, 7) is 3.82. The van der Waals surface area contributed by atoms with Crippen molar-refractivity contribution in [2.24, 2.45) is 5.41 Å². The van der Waals surface area contributed by atoms with E-state index in [4.69, 9.17) is 9.47 Å². The lowest BCUT2D eigenvalue weighted by atomic mass is 9.73. The highest BCUT2D eigenvalue weighted by Gasteiger charge is 2.40. The predicted molar refractivity (Wildman–Crippen MR) is 92.6 cm³/mol. The Hall–Kier alpha value is -2.52. The number of ether oxygens (including phenoxy) is 2.